The highest BCUT2D eigenvalue weighted by atomic mass is 19.1. The third-order valence-electron chi connectivity index (χ3n) is 3.72. The monoisotopic (exact) mass is 331 g/mol. The molecular weight excluding hydrogens is 309 g/mol. The Kier molecular flexibility index (Phi) is 6.32. The highest BCUT2D eigenvalue weighted by Gasteiger charge is 2.14. The number of methoxy groups -OCH3 is 1. The van der Waals surface area contributed by atoms with Crippen molar-refractivity contribution in [3.8, 4) is 5.75 Å². The van der Waals surface area contributed by atoms with Crippen LogP contribution < -0.4 is 10.1 Å². The molecule has 0 fully saturated rings. The molecule has 0 aliphatic rings. The SMILES string of the molecule is CCOCc1cc(C(=O)N[C@@H](C)c2ccc(F)cc2)ccc1OC. The fraction of sp³-hybridized carbons (Fsp3) is 0.316. The second-order valence-corrected chi connectivity index (χ2v) is 5.41. The number of benzene rings is 2. The number of nitrogens with one attached hydrogen (secondary N) is 1. The van der Waals surface area contributed by atoms with Crippen LogP contribution in [0.3, 0.4) is 0 Å². The van der Waals surface area contributed by atoms with Gasteiger partial charge in [0.25, 0.3) is 5.91 Å². The van der Waals surface area contributed by atoms with Crippen LogP contribution in [-0.2, 0) is 11.3 Å². The van der Waals surface area contributed by atoms with Crippen LogP contribution in [0.5, 0.6) is 5.75 Å². The first-order valence-electron chi connectivity index (χ1n) is 7.86. The minimum Gasteiger partial charge on any atom is -0.496 e. The van der Waals surface area contributed by atoms with Gasteiger partial charge in [-0.15, -0.1) is 0 Å². The largest absolute Gasteiger partial charge is 0.496 e. The molecule has 0 spiro atoms. The molecule has 1 amide bonds. The van der Waals surface area contributed by atoms with Crippen LogP contribution in [-0.4, -0.2) is 19.6 Å². The van der Waals surface area contributed by atoms with Gasteiger partial charge in [0.1, 0.15) is 11.6 Å². The van der Waals surface area contributed by atoms with Crippen molar-refractivity contribution in [3.63, 3.8) is 0 Å². The molecule has 2 rings (SSSR count). The first kappa shape index (κ1) is 17.9. The van der Waals surface area contributed by atoms with Crippen molar-refractivity contribution in [1.82, 2.24) is 5.32 Å². The molecule has 0 aliphatic heterocycles. The van der Waals surface area contributed by atoms with Gasteiger partial charge in [0.2, 0.25) is 0 Å². The Balaban J connectivity index is 2.12. The fourth-order valence-electron chi connectivity index (χ4n) is 2.36. The minimum atomic E-state index is -0.298. The zero-order valence-corrected chi connectivity index (χ0v) is 14.1. The summed E-state index contributed by atoms with van der Waals surface area (Å²) in [5, 5.41) is 2.91. The molecule has 0 bridgehead atoms. The molecular formula is C19H22FNO3. The van der Waals surface area contributed by atoms with Gasteiger partial charge in [-0.3, -0.25) is 4.79 Å². The number of hydrogen-bond acceptors (Lipinski definition) is 3. The van der Waals surface area contributed by atoms with Crippen molar-refractivity contribution in [2.24, 2.45) is 0 Å². The lowest BCUT2D eigenvalue weighted by Gasteiger charge is -2.16. The Morgan fingerprint density at radius 3 is 2.54 bits per heavy atom. The van der Waals surface area contributed by atoms with Gasteiger partial charge in [-0.25, -0.2) is 4.39 Å². The van der Waals surface area contributed by atoms with Crippen LogP contribution in [0.25, 0.3) is 0 Å². The first-order valence-corrected chi connectivity index (χ1v) is 7.86. The van der Waals surface area contributed by atoms with E-state index in [1.165, 1.54) is 12.1 Å². The minimum absolute atomic E-state index is 0.202. The van der Waals surface area contributed by atoms with Crippen molar-refractivity contribution in [2.75, 3.05) is 13.7 Å². The zero-order chi connectivity index (χ0) is 17.5. The van der Waals surface area contributed by atoms with Gasteiger partial charge in [-0.1, -0.05) is 12.1 Å². The summed E-state index contributed by atoms with van der Waals surface area (Å²) in [4.78, 5) is 12.5. The van der Waals surface area contributed by atoms with Gasteiger partial charge in [0.15, 0.2) is 0 Å². The Hall–Kier alpha value is -2.40. The highest BCUT2D eigenvalue weighted by Crippen LogP contribution is 2.21. The van der Waals surface area contributed by atoms with Crippen molar-refractivity contribution in [2.45, 2.75) is 26.5 Å². The predicted octanol–water partition coefficient (Wildman–Crippen LogP) is 3.86. The van der Waals surface area contributed by atoms with Crippen molar-refractivity contribution in [3.05, 3.63) is 65.0 Å². The lowest BCUT2D eigenvalue weighted by Crippen LogP contribution is -2.26. The van der Waals surface area contributed by atoms with Gasteiger partial charge in [-0.05, 0) is 49.7 Å². The molecule has 1 N–H and O–H groups in total. The van der Waals surface area contributed by atoms with E-state index in [0.29, 0.717) is 24.5 Å². The standard InChI is InChI=1S/C19H22FNO3/c1-4-24-12-16-11-15(7-10-18(16)23-3)19(22)21-13(2)14-5-8-17(20)9-6-14/h5-11,13H,4,12H2,1-3H3,(H,21,22)/t13-/m0/s1. The maximum Gasteiger partial charge on any atom is 0.251 e. The van der Waals surface area contributed by atoms with Crippen LogP contribution in [0.4, 0.5) is 4.39 Å². The van der Waals surface area contributed by atoms with Crippen LogP contribution in [0.15, 0.2) is 42.5 Å². The van der Waals surface area contributed by atoms with Gasteiger partial charge in [-0.2, -0.15) is 0 Å². The Morgan fingerprint density at radius 2 is 1.92 bits per heavy atom. The maximum absolute atomic E-state index is 13.0. The molecule has 4 nitrogen and oxygen atoms in total. The number of carbonyl (C=O) groups excluding carboxylic acids is 1. The molecule has 0 aliphatic carbocycles. The molecule has 0 heterocycles. The topological polar surface area (TPSA) is 47.6 Å². The van der Waals surface area contributed by atoms with Gasteiger partial charge < -0.3 is 14.8 Å². The number of rotatable bonds is 7. The smallest absolute Gasteiger partial charge is 0.251 e. The van der Waals surface area contributed by atoms with Crippen LogP contribution in [0.1, 0.15) is 41.4 Å². The van der Waals surface area contributed by atoms with E-state index in [1.54, 1.807) is 37.4 Å². The summed E-state index contributed by atoms with van der Waals surface area (Å²) < 4.78 is 23.7. The van der Waals surface area contributed by atoms with Crippen molar-refractivity contribution in [1.29, 1.82) is 0 Å². The molecule has 5 heteroatoms. The van der Waals surface area contributed by atoms with Crippen LogP contribution in [0.2, 0.25) is 0 Å². The second kappa shape index (κ2) is 8.45. The molecule has 128 valence electrons. The summed E-state index contributed by atoms with van der Waals surface area (Å²) in [5.41, 5.74) is 2.19. The van der Waals surface area contributed by atoms with Gasteiger partial charge >= 0.3 is 0 Å². The quantitative estimate of drug-likeness (QED) is 0.838. The lowest BCUT2D eigenvalue weighted by atomic mass is 10.1. The number of carbonyl (C=O) groups is 1. The van der Waals surface area contributed by atoms with E-state index in [0.717, 1.165) is 11.1 Å². The number of ether oxygens (including phenoxy) is 2. The van der Waals surface area contributed by atoms with E-state index in [4.69, 9.17) is 9.47 Å². The molecule has 0 unspecified atom stereocenters. The maximum atomic E-state index is 13.0. The molecule has 0 aromatic heterocycles. The van der Waals surface area contributed by atoms with Crippen LogP contribution >= 0.6 is 0 Å². The number of halogens is 1. The van der Waals surface area contributed by atoms with E-state index in [9.17, 15) is 9.18 Å². The second-order valence-electron chi connectivity index (χ2n) is 5.41. The molecule has 0 radical (unpaired) electrons. The van der Waals surface area contributed by atoms with E-state index in [1.807, 2.05) is 13.8 Å². The summed E-state index contributed by atoms with van der Waals surface area (Å²) >= 11 is 0. The normalized spacial score (nSPS) is 11.8. The van der Waals surface area contributed by atoms with E-state index in [2.05, 4.69) is 5.32 Å². The average molecular weight is 331 g/mol. The lowest BCUT2D eigenvalue weighted by molar-refractivity contribution is 0.0939. The highest BCUT2D eigenvalue weighted by molar-refractivity contribution is 5.94. The third kappa shape index (κ3) is 4.55. The van der Waals surface area contributed by atoms with E-state index < -0.39 is 0 Å². The Morgan fingerprint density at radius 1 is 1.21 bits per heavy atom. The Bertz CT molecular complexity index is 686. The number of hydrogen-bond donors (Lipinski definition) is 1. The molecule has 0 saturated heterocycles. The van der Waals surface area contributed by atoms with Crippen molar-refractivity contribution < 1.29 is 18.7 Å². The summed E-state index contributed by atoms with van der Waals surface area (Å²) in [5.74, 6) is 0.187. The number of amides is 1. The predicted molar refractivity (Wildman–Crippen MR) is 90.6 cm³/mol. The van der Waals surface area contributed by atoms with Crippen LogP contribution in [0, 0.1) is 5.82 Å². The third-order valence-corrected chi connectivity index (χ3v) is 3.72. The molecule has 0 saturated carbocycles. The molecule has 2 aromatic rings. The Labute approximate surface area is 141 Å². The summed E-state index contributed by atoms with van der Waals surface area (Å²) in [6.45, 7) is 4.73. The molecule has 24 heavy (non-hydrogen) atoms. The van der Waals surface area contributed by atoms with Gasteiger partial charge in [0.05, 0.1) is 19.8 Å². The van der Waals surface area contributed by atoms with Gasteiger partial charge in [0, 0.05) is 17.7 Å². The fourth-order valence-corrected chi connectivity index (χ4v) is 2.36. The van der Waals surface area contributed by atoms with Crippen molar-refractivity contribution >= 4 is 5.91 Å². The van der Waals surface area contributed by atoms with E-state index >= 15 is 0 Å². The zero-order valence-electron chi connectivity index (χ0n) is 14.1. The average Bonchev–Trinajstić information content (AvgIpc) is 2.60. The summed E-state index contributed by atoms with van der Waals surface area (Å²) in [6.07, 6.45) is 0. The molecule has 1 atom stereocenters. The molecule has 2 aromatic carbocycles. The van der Waals surface area contributed by atoms with E-state index in [-0.39, 0.29) is 17.8 Å². The first-order chi connectivity index (χ1) is 11.5. The summed E-state index contributed by atoms with van der Waals surface area (Å²) in [6, 6.07) is 11.1. The summed E-state index contributed by atoms with van der Waals surface area (Å²) in [7, 11) is 1.58.